The van der Waals surface area contributed by atoms with Crippen LogP contribution in [0.5, 0.6) is 0 Å². The number of aliphatic hydroxyl groups excluding tert-OH is 1. The Morgan fingerprint density at radius 3 is 2.54 bits per heavy atom. The molecule has 1 rings (SSSR count). The Kier molecular flexibility index (Phi) is 3.58. The van der Waals surface area contributed by atoms with E-state index < -0.39 is 0 Å². The Morgan fingerprint density at radius 2 is 2.15 bits per heavy atom. The maximum atomic E-state index is 9.31. The molecule has 0 amide bonds. The highest BCUT2D eigenvalue weighted by atomic mass is 32.2. The smallest absolute Gasteiger partial charge is 0.181 e. The van der Waals surface area contributed by atoms with Crippen molar-refractivity contribution in [2.45, 2.75) is 36.3 Å². The fourth-order valence-electron chi connectivity index (χ4n) is 0.779. The molecule has 0 aliphatic heterocycles. The van der Waals surface area contributed by atoms with Crippen LogP contribution in [0, 0.1) is 6.92 Å². The number of nitrogens with two attached hydrogens (primary N) is 1. The third-order valence-electron chi connectivity index (χ3n) is 1.74. The van der Waals surface area contributed by atoms with E-state index in [9.17, 15) is 5.11 Å². The number of hydrogen-bond donors (Lipinski definition) is 2. The van der Waals surface area contributed by atoms with E-state index in [1.165, 1.54) is 11.3 Å². The van der Waals surface area contributed by atoms with Crippen molar-refractivity contribution in [3.05, 3.63) is 5.69 Å². The highest BCUT2D eigenvalue weighted by molar-refractivity contribution is 8.01. The minimum atomic E-state index is -0.312. The summed E-state index contributed by atoms with van der Waals surface area (Å²) in [5.41, 5.74) is 6.52. The molecule has 0 aliphatic carbocycles. The first-order valence-electron chi connectivity index (χ1n) is 4.08. The van der Waals surface area contributed by atoms with Crippen LogP contribution in [0.25, 0.3) is 0 Å². The fraction of sp³-hybridized carbons (Fsp3) is 0.625. The van der Waals surface area contributed by atoms with Crippen LogP contribution in [0.3, 0.4) is 0 Å². The molecular weight excluding hydrogens is 204 g/mol. The summed E-state index contributed by atoms with van der Waals surface area (Å²) in [4.78, 5) is 4.12. The van der Waals surface area contributed by atoms with Crippen molar-refractivity contribution in [3.63, 3.8) is 0 Å². The van der Waals surface area contributed by atoms with Crippen molar-refractivity contribution in [1.29, 1.82) is 0 Å². The topological polar surface area (TPSA) is 59.1 Å². The Balaban J connectivity index is 2.68. The van der Waals surface area contributed by atoms with Crippen LogP contribution in [0.4, 0.5) is 5.13 Å². The quantitative estimate of drug-likeness (QED) is 0.761. The van der Waals surface area contributed by atoms with Crippen molar-refractivity contribution in [1.82, 2.24) is 4.98 Å². The highest BCUT2D eigenvalue weighted by Gasteiger charge is 2.14. The molecule has 74 valence electrons. The summed E-state index contributed by atoms with van der Waals surface area (Å²) in [5.74, 6) is 0. The number of aromatic nitrogens is 1. The van der Waals surface area contributed by atoms with Crippen molar-refractivity contribution in [3.8, 4) is 0 Å². The third-order valence-corrected chi connectivity index (χ3v) is 4.34. The molecule has 3 nitrogen and oxygen atoms in total. The predicted octanol–water partition coefficient (Wildman–Crippen LogP) is 1.90. The Morgan fingerprint density at radius 1 is 1.54 bits per heavy atom. The molecule has 1 aromatic heterocycles. The SMILES string of the molecule is Cc1nc(N)sc1SC(C)C(C)O. The summed E-state index contributed by atoms with van der Waals surface area (Å²) in [5, 5.41) is 10.1. The molecule has 3 N–H and O–H groups in total. The molecule has 0 fully saturated rings. The van der Waals surface area contributed by atoms with Crippen LogP contribution in [-0.2, 0) is 0 Å². The van der Waals surface area contributed by atoms with Gasteiger partial charge in [-0.3, -0.25) is 0 Å². The first kappa shape index (κ1) is 10.8. The van der Waals surface area contributed by atoms with E-state index in [0.29, 0.717) is 5.13 Å². The number of aryl methyl sites for hydroxylation is 1. The van der Waals surface area contributed by atoms with Crippen LogP contribution in [0.1, 0.15) is 19.5 Å². The van der Waals surface area contributed by atoms with E-state index in [1.54, 1.807) is 18.7 Å². The van der Waals surface area contributed by atoms with Gasteiger partial charge in [0.25, 0.3) is 0 Å². The molecule has 0 radical (unpaired) electrons. The summed E-state index contributed by atoms with van der Waals surface area (Å²) >= 11 is 3.10. The molecule has 0 spiro atoms. The van der Waals surface area contributed by atoms with Crippen molar-refractivity contribution in [2.24, 2.45) is 0 Å². The van der Waals surface area contributed by atoms with E-state index >= 15 is 0 Å². The summed E-state index contributed by atoms with van der Waals surface area (Å²) in [7, 11) is 0. The molecule has 0 aromatic carbocycles. The summed E-state index contributed by atoms with van der Waals surface area (Å²) in [6.07, 6.45) is -0.312. The van der Waals surface area contributed by atoms with Crippen LogP contribution in [0.15, 0.2) is 4.21 Å². The number of aliphatic hydroxyl groups is 1. The average Bonchev–Trinajstić information content (AvgIpc) is 2.30. The number of rotatable bonds is 3. The van der Waals surface area contributed by atoms with E-state index in [4.69, 9.17) is 5.73 Å². The van der Waals surface area contributed by atoms with Gasteiger partial charge < -0.3 is 10.8 Å². The number of nitrogens with zero attached hydrogens (tertiary/aromatic N) is 1. The lowest BCUT2D eigenvalue weighted by Gasteiger charge is -2.12. The summed E-state index contributed by atoms with van der Waals surface area (Å²) in [6, 6.07) is 0. The molecule has 2 atom stereocenters. The molecule has 1 aromatic rings. The number of thioether (sulfide) groups is 1. The lowest BCUT2D eigenvalue weighted by Crippen LogP contribution is -2.14. The Labute approximate surface area is 86.4 Å². The van der Waals surface area contributed by atoms with Crippen LogP contribution >= 0.6 is 23.1 Å². The van der Waals surface area contributed by atoms with E-state index in [1.807, 2.05) is 13.8 Å². The van der Waals surface area contributed by atoms with Crippen molar-refractivity contribution in [2.75, 3.05) is 5.73 Å². The largest absolute Gasteiger partial charge is 0.392 e. The van der Waals surface area contributed by atoms with E-state index in [2.05, 4.69) is 4.98 Å². The van der Waals surface area contributed by atoms with Gasteiger partial charge in [0.2, 0.25) is 0 Å². The molecule has 13 heavy (non-hydrogen) atoms. The van der Waals surface area contributed by atoms with E-state index in [-0.39, 0.29) is 11.4 Å². The predicted molar refractivity (Wildman–Crippen MR) is 58.3 cm³/mol. The van der Waals surface area contributed by atoms with Gasteiger partial charge in [-0.2, -0.15) is 0 Å². The third kappa shape index (κ3) is 2.86. The zero-order valence-corrected chi connectivity index (χ0v) is 9.58. The lowest BCUT2D eigenvalue weighted by atomic mass is 10.3. The van der Waals surface area contributed by atoms with Gasteiger partial charge in [0.05, 0.1) is 16.0 Å². The molecule has 2 unspecified atom stereocenters. The standard InChI is InChI=1S/C8H14N2OS2/c1-4-7(13-8(9)10-4)12-6(3)5(2)11/h5-6,11H,1-3H3,(H2,9,10). The second-order valence-corrected chi connectivity index (χ2v) is 5.67. The van der Waals surface area contributed by atoms with Gasteiger partial charge in [-0.15, -0.1) is 11.8 Å². The number of nitrogen functional groups attached to an aromatic ring is 1. The van der Waals surface area contributed by atoms with Gasteiger partial charge in [0, 0.05) is 5.25 Å². The van der Waals surface area contributed by atoms with Crippen LogP contribution in [0.2, 0.25) is 0 Å². The molecular formula is C8H14N2OS2. The zero-order chi connectivity index (χ0) is 10.0. The molecule has 0 saturated carbocycles. The van der Waals surface area contributed by atoms with Gasteiger partial charge in [0.1, 0.15) is 0 Å². The van der Waals surface area contributed by atoms with Crippen molar-refractivity contribution >= 4 is 28.2 Å². The second kappa shape index (κ2) is 4.30. The van der Waals surface area contributed by atoms with Gasteiger partial charge in [-0.05, 0) is 13.8 Å². The molecule has 0 bridgehead atoms. The van der Waals surface area contributed by atoms with E-state index in [0.717, 1.165) is 9.90 Å². The number of anilines is 1. The number of hydrogen-bond acceptors (Lipinski definition) is 5. The molecule has 1 heterocycles. The minimum Gasteiger partial charge on any atom is -0.392 e. The average molecular weight is 218 g/mol. The highest BCUT2D eigenvalue weighted by Crippen LogP contribution is 2.34. The summed E-state index contributed by atoms with van der Waals surface area (Å²) < 4.78 is 1.10. The van der Waals surface area contributed by atoms with Gasteiger partial charge in [-0.25, -0.2) is 4.98 Å². The number of thiazole rings is 1. The monoisotopic (exact) mass is 218 g/mol. The first-order chi connectivity index (χ1) is 6.00. The van der Waals surface area contributed by atoms with Gasteiger partial charge in [-0.1, -0.05) is 18.3 Å². The maximum Gasteiger partial charge on any atom is 0.181 e. The normalized spacial score (nSPS) is 15.7. The van der Waals surface area contributed by atoms with Crippen LogP contribution < -0.4 is 5.73 Å². The van der Waals surface area contributed by atoms with Gasteiger partial charge >= 0.3 is 0 Å². The zero-order valence-electron chi connectivity index (χ0n) is 7.94. The van der Waals surface area contributed by atoms with Crippen LogP contribution in [-0.4, -0.2) is 21.4 Å². The van der Waals surface area contributed by atoms with Crippen molar-refractivity contribution < 1.29 is 5.11 Å². The molecule has 5 heteroatoms. The van der Waals surface area contributed by atoms with Gasteiger partial charge in [0.15, 0.2) is 5.13 Å². The Hall–Kier alpha value is -0.260. The second-order valence-electron chi connectivity index (χ2n) is 2.99. The minimum absolute atomic E-state index is 0.179. The Bertz CT molecular complexity index is 286. The maximum absolute atomic E-state index is 9.31. The molecule has 0 saturated heterocycles. The molecule has 0 aliphatic rings. The first-order valence-corrected chi connectivity index (χ1v) is 5.78. The summed E-state index contributed by atoms with van der Waals surface area (Å²) in [6.45, 7) is 5.71. The lowest BCUT2D eigenvalue weighted by molar-refractivity contribution is 0.196. The fourth-order valence-corrected chi connectivity index (χ4v) is 3.00.